The molecule has 3 aliphatic heterocycles. The number of aliphatic hydroxyl groups is 11. The van der Waals surface area contributed by atoms with E-state index in [2.05, 4.69) is 79.9 Å². The summed E-state index contributed by atoms with van der Waals surface area (Å²) in [5.41, 5.74) is 0. The lowest BCUT2D eigenvalue weighted by Crippen LogP contribution is -2.66. The zero-order valence-electron chi connectivity index (χ0n) is 45.9. The van der Waals surface area contributed by atoms with E-state index in [1.165, 1.54) is 44.9 Å². The first kappa shape index (κ1) is 68.5. The molecule has 17 unspecified atom stereocenters. The second kappa shape index (κ2) is 41.3. The number of aliphatic hydroxyl groups excluding tert-OH is 11. The molecule has 3 aliphatic rings. The number of hydrogen-bond donors (Lipinski definition) is 12. The van der Waals surface area contributed by atoms with E-state index >= 15 is 0 Å². The van der Waals surface area contributed by atoms with Gasteiger partial charge in [0.2, 0.25) is 5.91 Å². The van der Waals surface area contributed by atoms with Gasteiger partial charge in [-0.05, 0) is 64.2 Å². The van der Waals surface area contributed by atoms with E-state index in [4.69, 9.17) is 28.4 Å². The van der Waals surface area contributed by atoms with E-state index in [-0.39, 0.29) is 18.9 Å². The number of carbonyl (C=O) groups is 1. The fraction of sp³-hybridized carbons (Fsp3) is 0.776. The van der Waals surface area contributed by atoms with Crippen LogP contribution in [0.3, 0.4) is 0 Å². The summed E-state index contributed by atoms with van der Waals surface area (Å²) in [6.07, 6.45) is 20.9. The molecular formula is C58H99NO18. The van der Waals surface area contributed by atoms with E-state index in [9.17, 15) is 61.0 Å². The number of nitrogens with one attached hydrogen (secondary N) is 1. The predicted octanol–water partition coefficient (Wildman–Crippen LogP) is 4.26. The monoisotopic (exact) mass is 1100 g/mol. The summed E-state index contributed by atoms with van der Waals surface area (Å²) in [5.74, 6) is -0.297. The van der Waals surface area contributed by atoms with Crippen LogP contribution in [0.1, 0.15) is 155 Å². The van der Waals surface area contributed by atoms with Gasteiger partial charge in [-0.2, -0.15) is 0 Å². The SMILES string of the molecule is CC/C=C\C/C=C\C/C=C\C/C=C\CCCCCCCCCCCCCCC(=O)NC(COC1OC(CO)C(OC2OC(CO)C(OC3OC(CO)C(O)C(O)C3O)C(O)C2O)C(O)C1O)C(O)/C=C/CC/C=C/CCC. The predicted molar refractivity (Wildman–Crippen MR) is 291 cm³/mol. The molecule has 3 heterocycles. The Balaban J connectivity index is 1.41. The lowest BCUT2D eigenvalue weighted by Gasteiger charge is -2.48. The van der Waals surface area contributed by atoms with E-state index in [0.717, 1.165) is 77.0 Å². The van der Waals surface area contributed by atoms with Gasteiger partial charge in [0.1, 0.15) is 73.2 Å². The maximum atomic E-state index is 13.2. The minimum absolute atomic E-state index is 0.228. The standard InChI is InChI=1S/C58H99NO18/c1-3-5-7-9-11-12-13-14-15-16-17-18-19-20-21-22-23-24-25-26-27-28-30-32-34-36-46(64)59-41(42(63)35-33-31-29-10-8-6-4-2)40-72-56-52(70)49(67)54(44(38-61)74-56)77-58-53(71)50(68)55(45(39-62)75-58)76-57-51(69)48(66)47(65)43(37-60)73-57/h5,7-8,10-12,14-15,17-18,33,35,41-45,47-58,60-63,65-71H,3-4,6,9,13,16,19-32,34,36-40H2,1-2H3,(H,59,64)/b7-5-,10-8+,12-11-,15-14-,18-17-,35-33+. The fourth-order valence-electron chi connectivity index (χ4n) is 9.26. The molecule has 19 heteroatoms. The van der Waals surface area contributed by atoms with Crippen molar-refractivity contribution in [3.8, 4) is 0 Å². The van der Waals surface area contributed by atoms with Crippen LogP contribution in [0.15, 0.2) is 72.9 Å². The van der Waals surface area contributed by atoms with Gasteiger partial charge in [0.05, 0.1) is 38.6 Å². The lowest BCUT2D eigenvalue weighted by atomic mass is 9.96. The summed E-state index contributed by atoms with van der Waals surface area (Å²) in [4.78, 5) is 13.2. The van der Waals surface area contributed by atoms with Crippen molar-refractivity contribution < 1.29 is 89.4 Å². The first-order valence-corrected chi connectivity index (χ1v) is 28.7. The number of allylic oxidation sites excluding steroid dienone is 11. The molecule has 3 rings (SSSR count). The highest BCUT2D eigenvalue weighted by atomic mass is 16.8. The molecule has 444 valence electrons. The van der Waals surface area contributed by atoms with Crippen LogP contribution in [-0.4, -0.2) is 193 Å². The molecule has 1 amide bonds. The molecule has 0 aromatic heterocycles. The maximum absolute atomic E-state index is 13.2. The van der Waals surface area contributed by atoms with E-state index in [0.29, 0.717) is 12.8 Å². The molecule has 0 radical (unpaired) electrons. The Morgan fingerprint density at radius 2 is 0.909 bits per heavy atom. The first-order chi connectivity index (χ1) is 37.3. The molecule has 19 nitrogen and oxygen atoms in total. The number of carbonyl (C=O) groups excluding carboxylic acids is 1. The second-order valence-electron chi connectivity index (χ2n) is 20.4. The van der Waals surface area contributed by atoms with Crippen LogP contribution < -0.4 is 5.32 Å². The Hall–Kier alpha value is -2.77. The molecule has 0 aromatic rings. The van der Waals surface area contributed by atoms with Crippen LogP contribution in [0, 0.1) is 0 Å². The Kier molecular flexibility index (Phi) is 36.7. The molecule has 17 atom stereocenters. The highest BCUT2D eigenvalue weighted by Crippen LogP contribution is 2.33. The van der Waals surface area contributed by atoms with E-state index < -0.39 is 124 Å². The van der Waals surface area contributed by atoms with Gasteiger partial charge in [-0.3, -0.25) is 4.79 Å². The number of amides is 1. The van der Waals surface area contributed by atoms with Gasteiger partial charge in [-0.25, -0.2) is 0 Å². The highest BCUT2D eigenvalue weighted by Gasteiger charge is 2.53. The number of unbranched alkanes of at least 4 members (excludes halogenated alkanes) is 14. The lowest BCUT2D eigenvalue weighted by molar-refractivity contribution is -0.379. The highest BCUT2D eigenvalue weighted by molar-refractivity contribution is 5.76. The molecular weight excluding hydrogens is 999 g/mol. The van der Waals surface area contributed by atoms with Crippen LogP contribution in [0.5, 0.6) is 0 Å². The van der Waals surface area contributed by atoms with Gasteiger partial charge in [0, 0.05) is 6.42 Å². The summed E-state index contributed by atoms with van der Waals surface area (Å²) in [5, 5.41) is 120. The Bertz CT molecular complexity index is 1690. The quantitative estimate of drug-likeness (QED) is 0.0301. The topological polar surface area (TPSA) is 307 Å². The van der Waals surface area contributed by atoms with Crippen LogP contribution in [0.25, 0.3) is 0 Å². The van der Waals surface area contributed by atoms with Gasteiger partial charge < -0.3 is 89.9 Å². The van der Waals surface area contributed by atoms with Gasteiger partial charge in [-0.15, -0.1) is 0 Å². The summed E-state index contributed by atoms with van der Waals surface area (Å²) in [6.45, 7) is 1.44. The van der Waals surface area contributed by atoms with Crippen LogP contribution in [0.4, 0.5) is 0 Å². The summed E-state index contributed by atoms with van der Waals surface area (Å²) >= 11 is 0. The number of ether oxygens (including phenoxy) is 6. The first-order valence-electron chi connectivity index (χ1n) is 28.7. The average molecular weight is 1100 g/mol. The number of rotatable bonds is 40. The molecule has 12 N–H and O–H groups in total. The third kappa shape index (κ3) is 25.7. The molecule has 3 fully saturated rings. The van der Waals surface area contributed by atoms with Crippen molar-refractivity contribution in [2.45, 2.75) is 259 Å². The molecule has 3 saturated heterocycles. The smallest absolute Gasteiger partial charge is 0.220 e. The third-order valence-corrected chi connectivity index (χ3v) is 14.0. The summed E-state index contributed by atoms with van der Waals surface area (Å²) in [6, 6.07) is -0.991. The normalized spacial score (nSPS) is 31.3. The van der Waals surface area contributed by atoms with Crippen LogP contribution in [0.2, 0.25) is 0 Å². The number of hydrogen-bond acceptors (Lipinski definition) is 18. The van der Waals surface area contributed by atoms with Gasteiger partial charge in [0.15, 0.2) is 18.9 Å². The molecule has 0 saturated carbocycles. The Morgan fingerprint density at radius 1 is 0.481 bits per heavy atom. The van der Waals surface area contributed by atoms with Gasteiger partial charge in [-0.1, -0.05) is 157 Å². The Morgan fingerprint density at radius 3 is 1.44 bits per heavy atom. The van der Waals surface area contributed by atoms with Crippen molar-refractivity contribution in [2.75, 3.05) is 26.4 Å². The summed E-state index contributed by atoms with van der Waals surface area (Å²) < 4.78 is 34.1. The van der Waals surface area contributed by atoms with Gasteiger partial charge >= 0.3 is 0 Å². The molecule has 0 aromatic carbocycles. The second-order valence-corrected chi connectivity index (χ2v) is 20.4. The molecule has 0 bridgehead atoms. The molecule has 77 heavy (non-hydrogen) atoms. The largest absolute Gasteiger partial charge is 0.394 e. The average Bonchev–Trinajstić information content (AvgIpc) is 3.43. The van der Waals surface area contributed by atoms with Crippen molar-refractivity contribution in [1.82, 2.24) is 5.32 Å². The third-order valence-electron chi connectivity index (χ3n) is 14.0. The Labute approximate surface area is 458 Å². The van der Waals surface area contributed by atoms with Crippen molar-refractivity contribution in [1.29, 1.82) is 0 Å². The van der Waals surface area contributed by atoms with Gasteiger partial charge in [0.25, 0.3) is 0 Å². The van der Waals surface area contributed by atoms with E-state index in [1.807, 2.05) is 0 Å². The van der Waals surface area contributed by atoms with Crippen molar-refractivity contribution >= 4 is 5.91 Å². The van der Waals surface area contributed by atoms with Crippen LogP contribution >= 0.6 is 0 Å². The fourth-order valence-corrected chi connectivity index (χ4v) is 9.26. The molecule has 0 spiro atoms. The van der Waals surface area contributed by atoms with Crippen molar-refractivity contribution in [3.05, 3.63) is 72.9 Å². The van der Waals surface area contributed by atoms with Crippen LogP contribution in [-0.2, 0) is 33.2 Å². The maximum Gasteiger partial charge on any atom is 0.220 e. The summed E-state index contributed by atoms with van der Waals surface area (Å²) in [7, 11) is 0. The minimum atomic E-state index is -1.98. The van der Waals surface area contributed by atoms with Crippen molar-refractivity contribution in [2.24, 2.45) is 0 Å². The molecule has 0 aliphatic carbocycles. The van der Waals surface area contributed by atoms with E-state index in [1.54, 1.807) is 12.2 Å². The van der Waals surface area contributed by atoms with Crippen molar-refractivity contribution in [3.63, 3.8) is 0 Å². The zero-order valence-corrected chi connectivity index (χ0v) is 45.9. The minimum Gasteiger partial charge on any atom is -0.394 e. The zero-order chi connectivity index (χ0) is 56.2.